The van der Waals surface area contributed by atoms with Gasteiger partial charge in [-0.15, -0.1) is 0 Å². The van der Waals surface area contributed by atoms with Crippen molar-refractivity contribution in [3.05, 3.63) is 59.9 Å². The van der Waals surface area contributed by atoms with E-state index in [2.05, 4.69) is 0 Å². The number of benzene rings is 1. The molecule has 0 fully saturated rings. The molecule has 0 saturated heterocycles. The Hall–Kier alpha value is -2.36. The molecular weight excluding hydrogens is 257 g/mol. The van der Waals surface area contributed by atoms with Crippen LogP contribution in [0.15, 0.2) is 48.4 Å². The number of Topliss-reactive ketones (excluding diaryl/α,β-unsaturated/α-hetero) is 1. The molecule has 0 spiro atoms. The van der Waals surface area contributed by atoms with Gasteiger partial charge >= 0.3 is 0 Å². The highest BCUT2D eigenvalue weighted by molar-refractivity contribution is 6.21. The summed E-state index contributed by atoms with van der Waals surface area (Å²) >= 11 is 0. The molecule has 0 saturated carbocycles. The van der Waals surface area contributed by atoms with E-state index in [9.17, 15) is 14.3 Å². The van der Waals surface area contributed by atoms with Crippen LogP contribution in [0.5, 0.6) is 0 Å². The number of hydrogen-bond donors (Lipinski definition) is 1. The first-order valence-electron chi connectivity index (χ1n) is 6.56. The van der Waals surface area contributed by atoms with E-state index in [0.29, 0.717) is 30.5 Å². The summed E-state index contributed by atoms with van der Waals surface area (Å²) in [5.41, 5.74) is 1.79. The lowest BCUT2D eigenvalue weighted by molar-refractivity contribution is -0.114. The van der Waals surface area contributed by atoms with E-state index >= 15 is 0 Å². The van der Waals surface area contributed by atoms with Crippen LogP contribution in [0.25, 0.3) is 11.3 Å². The van der Waals surface area contributed by atoms with Crippen molar-refractivity contribution >= 4 is 11.4 Å². The van der Waals surface area contributed by atoms with Crippen LogP contribution in [0.2, 0.25) is 0 Å². The van der Waals surface area contributed by atoms with Crippen LogP contribution in [0.4, 0.5) is 4.39 Å². The molecule has 1 heterocycles. The van der Waals surface area contributed by atoms with Crippen LogP contribution < -0.4 is 0 Å². The first-order chi connectivity index (χ1) is 9.66. The Bertz CT molecular complexity index is 683. The van der Waals surface area contributed by atoms with Gasteiger partial charge in [-0.2, -0.15) is 0 Å². The van der Waals surface area contributed by atoms with Crippen LogP contribution in [0.1, 0.15) is 25.0 Å². The normalized spacial score (nSPS) is 15.8. The molecule has 0 aliphatic heterocycles. The average Bonchev–Trinajstić information content (AvgIpc) is 2.88. The lowest BCUT2D eigenvalue weighted by Crippen LogP contribution is -2.13. The predicted octanol–water partition coefficient (Wildman–Crippen LogP) is 3.64. The summed E-state index contributed by atoms with van der Waals surface area (Å²) in [6, 6.07) is 9.62. The first-order valence-corrected chi connectivity index (χ1v) is 6.56. The van der Waals surface area contributed by atoms with Gasteiger partial charge < -0.3 is 9.67 Å². The van der Waals surface area contributed by atoms with Gasteiger partial charge in [0.25, 0.3) is 0 Å². The molecular formula is C16H14FNO2. The van der Waals surface area contributed by atoms with Crippen molar-refractivity contribution in [3.63, 3.8) is 0 Å². The smallest absolute Gasteiger partial charge is 0.168 e. The molecule has 4 heteroatoms. The topological polar surface area (TPSA) is 42.2 Å². The van der Waals surface area contributed by atoms with Gasteiger partial charge in [0.15, 0.2) is 5.78 Å². The zero-order valence-corrected chi connectivity index (χ0v) is 10.8. The van der Waals surface area contributed by atoms with Crippen molar-refractivity contribution in [2.75, 3.05) is 0 Å². The highest BCUT2D eigenvalue weighted by Crippen LogP contribution is 2.30. The van der Waals surface area contributed by atoms with Gasteiger partial charge in [-0.25, -0.2) is 4.39 Å². The summed E-state index contributed by atoms with van der Waals surface area (Å²) in [4.78, 5) is 12.0. The molecule has 1 aromatic carbocycles. The fraction of sp³-hybridized carbons (Fsp3) is 0.188. The second-order valence-corrected chi connectivity index (χ2v) is 4.84. The van der Waals surface area contributed by atoms with E-state index < -0.39 is 0 Å². The van der Waals surface area contributed by atoms with Gasteiger partial charge in [-0.3, -0.25) is 4.79 Å². The Balaban J connectivity index is 2.11. The maximum atomic E-state index is 13.0. The number of allylic oxidation sites excluding steroid dienone is 2. The highest BCUT2D eigenvalue weighted by atomic mass is 19.1. The monoisotopic (exact) mass is 271 g/mol. The number of hydrogen-bond acceptors (Lipinski definition) is 2. The van der Waals surface area contributed by atoms with Gasteiger partial charge in [0.2, 0.25) is 0 Å². The summed E-state index contributed by atoms with van der Waals surface area (Å²) in [5, 5.41) is 10.0. The van der Waals surface area contributed by atoms with Crippen molar-refractivity contribution in [1.29, 1.82) is 0 Å². The zero-order valence-electron chi connectivity index (χ0n) is 10.8. The molecule has 1 aromatic heterocycles. The highest BCUT2D eigenvalue weighted by Gasteiger charge is 2.24. The number of carbonyl (C=O) groups is 1. The molecule has 102 valence electrons. The summed E-state index contributed by atoms with van der Waals surface area (Å²) in [6.07, 6.45) is 3.46. The first kappa shape index (κ1) is 12.7. The molecule has 3 nitrogen and oxygen atoms in total. The third kappa shape index (κ3) is 2.13. The number of aromatic nitrogens is 1. The van der Waals surface area contributed by atoms with Crippen molar-refractivity contribution in [2.45, 2.75) is 19.3 Å². The molecule has 20 heavy (non-hydrogen) atoms. The van der Waals surface area contributed by atoms with Crippen LogP contribution >= 0.6 is 0 Å². The van der Waals surface area contributed by atoms with E-state index in [1.807, 2.05) is 0 Å². The lowest BCUT2D eigenvalue weighted by Gasteiger charge is -2.17. The molecule has 1 aliphatic rings. The Morgan fingerprint density at radius 2 is 1.85 bits per heavy atom. The van der Waals surface area contributed by atoms with Crippen LogP contribution in [-0.2, 0) is 4.79 Å². The van der Waals surface area contributed by atoms with Gasteiger partial charge in [-0.1, -0.05) is 0 Å². The van der Waals surface area contributed by atoms with Gasteiger partial charge in [0, 0.05) is 24.7 Å². The standard InChI is InChI=1S/C16H14FNO2/c17-11-6-8-12(9-7-11)18-10-2-3-13(18)16-14(19)4-1-5-15(16)20/h2-3,6-10,19H,1,4-5H2. The fourth-order valence-electron chi connectivity index (χ4n) is 2.53. The molecule has 0 bridgehead atoms. The van der Waals surface area contributed by atoms with Gasteiger partial charge in [-0.05, 0) is 42.8 Å². The van der Waals surface area contributed by atoms with Crippen molar-refractivity contribution in [2.24, 2.45) is 0 Å². The quantitative estimate of drug-likeness (QED) is 0.906. The number of rotatable bonds is 2. The number of carbonyl (C=O) groups excluding carboxylic acids is 1. The largest absolute Gasteiger partial charge is 0.511 e. The maximum absolute atomic E-state index is 13.0. The number of ketones is 1. The minimum Gasteiger partial charge on any atom is -0.511 e. The van der Waals surface area contributed by atoms with E-state index in [4.69, 9.17) is 0 Å². The molecule has 2 aromatic rings. The Morgan fingerprint density at radius 3 is 2.55 bits per heavy atom. The van der Waals surface area contributed by atoms with E-state index in [1.165, 1.54) is 12.1 Å². The van der Waals surface area contributed by atoms with Gasteiger partial charge in [0.05, 0.1) is 11.3 Å². The number of aliphatic hydroxyl groups excluding tert-OH is 1. The van der Waals surface area contributed by atoms with E-state index in [-0.39, 0.29) is 17.4 Å². The van der Waals surface area contributed by atoms with Crippen molar-refractivity contribution in [3.8, 4) is 5.69 Å². The van der Waals surface area contributed by atoms with Gasteiger partial charge in [0.1, 0.15) is 11.6 Å². The zero-order chi connectivity index (χ0) is 14.1. The predicted molar refractivity (Wildman–Crippen MR) is 74.1 cm³/mol. The number of aliphatic hydroxyl groups is 1. The van der Waals surface area contributed by atoms with Crippen molar-refractivity contribution < 1.29 is 14.3 Å². The third-order valence-corrected chi connectivity index (χ3v) is 3.49. The Morgan fingerprint density at radius 1 is 1.10 bits per heavy atom. The summed E-state index contributed by atoms with van der Waals surface area (Å²) in [7, 11) is 0. The Kier molecular flexibility index (Phi) is 3.14. The minimum absolute atomic E-state index is 0.0455. The molecule has 1 aliphatic carbocycles. The molecule has 1 N–H and O–H groups in total. The summed E-state index contributed by atoms with van der Waals surface area (Å²) in [5.74, 6) is -0.211. The summed E-state index contributed by atoms with van der Waals surface area (Å²) in [6.45, 7) is 0. The van der Waals surface area contributed by atoms with Crippen LogP contribution in [0.3, 0.4) is 0 Å². The maximum Gasteiger partial charge on any atom is 0.168 e. The molecule has 3 rings (SSSR count). The van der Waals surface area contributed by atoms with E-state index in [1.54, 1.807) is 35.0 Å². The molecule has 0 atom stereocenters. The SMILES string of the molecule is O=C1CCCC(O)=C1c1cccn1-c1ccc(F)cc1. The molecule has 0 amide bonds. The van der Waals surface area contributed by atoms with Crippen LogP contribution in [-0.4, -0.2) is 15.5 Å². The second-order valence-electron chi connectivity index (χ2n) is 4.84. The van der Waals surface area contributed by atoms with E-state index in [0.717, 1.165) is 5.69 Å². The third-order valence-electron chi connectivity index (χ3n) is 3.49. The average molecular weight is 271 g/mol. The van der Waals surface area contributed by atoms with Crippen LogP contribution in [0, 0.1) is 5.82 Å². The fourth-order valence-corrected chi connectivity index (χ4v) is 2.53. The summed E-state index contributed by atoms with van der Waals surface area (Å²) < 4.78 is 14.8. The number of halogens is 1. The second kappa shape index (κ2) is 4.96. The number of nitrogens with zero attached hydrogens (tertiary/aromatic N) is 1. The molecule has 0 radical (unpaired) electrons. The Labute approximate surface area is 116 Å². The molecule has 0 unspecified atom stereocenters. The minimum atomic E-state index is -0.307. The lowest BCUT2D eigenvalue weighted by atomic mass is 9.94. The van der Waals surface area contributed by atoms with Crippen molar-refractivity contribution in [1.82, 2.24) is 4.57 Å².